The van der Waals surface area contributed by atoms with Gasteiger partial charge in [0.15, 0.2) is 0 Å². The van der Waals surface area contributed by atoms with Gasteiger partial charge in [-0.15, -0.1) is 0 Å². The molecule has 4 aliphatic rings. The van der Waals surface area contributed by atoms with Gasteiger partial charge in [-0.3, -0.25) is 4.79 Å². The van der Waals surface area contributed by atoms with Gasteiger partial charge in [-0.2, -0.15) is 8.78 Å². The van der Waals surface area contributed by atoms with Crippen molar-refractivity contribution in [3.05, 3.63) is 11.6 Å². The number of ether oxygens (including phenoxy) is 2. The Hall–Kier alpha value is -1.46. The van der Waals surface area contributed by atoms with Crippen LogP contribution in [0.25, 0.3) is 0 Å². The number of methoxy groups -OCH3 is 1. The summed E-state index contributed by atoms with van der Waals surface area (Å²) in [6, 6.07) is 0. The molecule has 0 heterocycles. The maximum atomic E-state index is 14.4. The van der Waals surface area contributed by atoms with Crippen LogP contribution in [0.4, 0.5) is 8.78 Å². The van der Waals surface area contributed by atoms with Gasteiger partial charge < -0.3 is 9.47 Å². The predicted molar refractivity (Wildman–Crippen MR) is 121 cm³/mol. The Morgan fingerprint density at radius 3 is 2.55 bits per heavy atom. The number of hydrogen-bond acceptors (Lipinski definition) is 4. The fourth-order valence-electron chi connectivity index (χ4n) is 8.72. The van der Waals surface area contributed by atoms with Gasteiger partial charge in [0.05, 0.1) is 7.11 Å². The number of halogens is 2. The van der Waals surface area contributed by atoms with Crippen molar-refractivity contribution < 1.29 is 27.8 Å². The normalized spacial score (nSPS) is 41.2. The van der Waals surface area contributed by atoms with E-state index >= 15 is 0 Å². The average molecular weight is 467 g/mol. The van der Waals surface area contributed by atoms with Crippen molar-refractivity contribution in [3.63, 3.8) is 0 Å². The molecule has 3 fully saturated rings. The molecule has 0 aliphatic heterocycles. The molecule has 0 saturated heterocycles. The molecule has 4 nitrogen and oxygen atoms in total. The summed E-state index contributed by atoms with van der Waals surface area (Å²) in [5.74, 6) is -3.32. The van der Waals surface area contributed by atoms with Gasteiger partial charge in [0, 0.05) is 19.8 Å². The van der Waals surface area contributed by atoms with Crippen LogP contribution in [0.1, 0.15) is 85.5 Å². The third-order valence-corrected chi connectivity index (χ3v) is 10.2. The lowest BCUT2D eigenvalue weighted by molar-refractivity contribution is -0.172. The fraction of sp³-hybridized carbons (Fsp3) is 0.852. The van der Waals surface area contributed by atoms with Gasteiger partial charge in [-0.05, 0) is 85.4 Å². The van der Waals surface area contributed by atoms with Gasteiger partial charge in [-0.25, -0.2) is 4.79 Å². The Bertz CT molecular complexity index is 823. The van der Waals surface area contributed by atoms with Crippen molar-refractivity contribution in [3.8, 4) is 0 Å². The molecule has 3 saturated carbocycles. The first-order valence-corrected chi connectivity index (χ1v) is 12.8. The molecule has 8 atom stereocenters. The second-order valence-electron chi connectivity index (χ2n) is 11.8. The third kappa shape index (κ3) is 4.14. The second-order valence-corrected chi connectivity index (χ2v) is 11.8. The summed E-state index contributed by atoms with van der Waals surface area (Å²) in [6.45, 7) is 8.13. The Morgan fingerprint density at radius 2 is 1.88 bits per heavy atom. The van der Waals surface area contributed by atoms with Crippen LogP contribution in [0, 0.1) is 40.4 Å². The molecule has 0 aromatic heterocycles. The summed E-state index contributed by atoms with van der Waals surface area (Å²) in [5.41, 5.74) is 1.66. The van der Waals surface area contributed by atoms with E-state index < -0.39 is 18.3 Å². The van der Waals surface area contributed by atoms with E-state index in [4.69, 9.17) is 4.74 Å². The van der Waals surface area contributed by atoms with E-state index in [0.717, 1.165) is 58.5 Å². The summed E-state index contributed by atoms with van der Waals surface area (Å²) >= 11 is 0. The average Bonchev–Trinajstić information content (AvgIpc) is 3.10. The molecule has 8 unspecified atom stereocenters. The molecule has 0 radical (unpaired) electrons. The molecule has 6 heteroatoms. The van der Waals surface area contributed by atoms with Crippen LogP contribution in [-0.4, -0.2) is 31.1 Å². The van der Waals surface area contributed by atoms with Gasteiger partial charge >= 0.3 is 17.9 Å². The van der Waals surface area contributed by atoms with Crippen LogP contribution >= 0.6 is 0 Å². The van der Waals surface area contributed by atoms with E-state index in [0.29, 0.717) is 17.8 Å². The topological polar surface area (TPSA) is 52.6 Å². The van der Waals surface area contributed by atoms with Crippen LogP contribution in [-0.2, 0) is 19.1 Å². The molecule has 0 bridgehead atoms. The molecule has 0 amide bonds. The fourth-order valence-corrected chi connectivity index (χ4v) is 8.72. The lowest BCUT2D eigenvalue weighted by atomic mass is 9.47. The van der Waals surface area contributed by atoms with Crippen LogP contribution in [0.15, 0.2) is 11.6 Å². The van der Waals surface area contributed by atoms with Crippen molar-refractivity contribution in [2.45, 2.75) is 97.5 Å². The SMILES string of the molecule is COC(=O)C(F)(F)CC(C)C1CCC2C3CC=C4CC(OC(C)=O)CCC4(C)C3CCC12C. The Labute approximate surface area is 196 Å². The Balaban J connectivity index is 1.51. The zero-order valence-electron chi connectivity index (χ0n) is 20.8. The van der Waals surface area contributed by atoms with Crippen molar-refractivity contribution in [1.82, 2.24) is 0 Å². The highest BCUT2D eigenvalue weighted by Crippen LogP contribution is 2.67. The zero-order valence-corrected chi connectivity index (χ0v) is 20.8. The summed E-state index contributed by atoms with van der Waals surface area (Å²) in [4.78, 5) is 23.0. The number of carbonyl (C=O) groups excluding carboxylic acids is 2. The van der Waals surface area contributed by atoms with Gasteiger partial charge in [-0.1, -0.05) is 32.4 Å². The first kappa shape index (κ1) is 24.7. The number of carbonyl (C=O) groups is 2. The number of hydrogen-bond donors (Lipinski definition) is 0. The molecule has 0 aromatic rings. The van der Waals surface area contributed by atoms with E-state index in [1.54, 1.807) is 0 Å². The van der Waals surface area contributed by atoms with Crippen LogP contribution in [0.5, 0.6) is 0 Å². The van der Waals surface area contributed by atoms with Crippen molar-refractivity contribution in [2.75, 3.05) is 7.11 Å². The lowest BCUT2D eigenvalue weighted by Crippen LogP contribution is -2.51. The predicted octanol–water partition coefficient (Wildman–Crippen LogP) is 6.33. The van der Waals surface area contributed by atoms with Crippen LogP contribution in [0.2, 0.25) is 0 Å². The molecule has 4 aliphatic carbocycles. The first-order chi connectivity index (χ1) is 15.4. The second kappa shape index (κ2) is 8.64. The molecule has 33 heavy (non-hydrogen) atoms. The monoisotopic (exact) mass is 466 g/mol. The minimum atomic E-state index is -3.42. The third-order valence-electron chi connectivity index (χ3n) is 10.2. The minimum absolute atomic E-state index is 0.000389. The van der Waals surface area contributed by atoms with Gasteiger partial charge in [0.2, 0.25) is 0 Å². The van der Waals surface area contributed by atoms with Gasteiger partial charge in [0.25, 0.3) is 0 Å². The number of esters is 2. The van der Waals surface area contributed by atoms with Crippen molar-refractivity contribution in [1.29, 1.82) is 0 Å². The maximum absolute atomic E-state index is 14.4. The summed E-state index contributed by atoms with van der Waals surface area (Å²) in [5, 5.41) is 0. The first-order valence-electron chi connectivity index (χ1n) is 12.8. The standard InChI is InChI=1S/C27H40F2O4/c1-16(15-27(28,29)24(31)32-5)21-8-9-22-20-7-6-18-14-19(33-17(2)30)10-12-25(18,3)23(20)11-13-26(21,22)4/h6,16,19-23H,7-15H2,1-5H3. The number of rotatable bonds is 5. The summed E-state index contributed by atoms with van der Waals surface area (Å²) < 4.78 is 38.6. The molecular weight excluding hydrogens is 426 g/mol. The lowest BCUT2D eigenvalue weighted by Gasteiger charge is -2.58. The molecular formula is C27H40F2O4. The highest BCUT2D eigenvalue weighted by Gasteiger charge is 2.60. The van der Waals surface area contributed by atoms with E-state index in [9.17, 15) is 18.4 Å². The van der Waals surface area contributed by atoms with E-state index in [1.807, 2.05) is 6.92 Å². The number of fused-ring (bicyclic) bond motifs is 5. The molecule has 186 valence electrons. The van der Waals surface area contributed by atoms with Crippen LogP contribution < -0.4 is 0 Å². The Kier molecular flexibility index (Phi) is 6.46. The van der Waals surface area contributed by atoms with E-state index in [2.05, 4.69) is 24.7 Å². The van der Waals surface area contributed by atoms with Crippen molar-refractivity contribution in [2.24, 2.45) is 40.4 Å². The quantitative estimate of drug-likeness (QED) is 0.351. The highest BCUT2D eigenvalue weighted by molar-refractivity contribution is 5.77. The van der Waals surface area contributed by atoms with E-state index in [-0.39, 0.29) is 34.7 Å². The Morgan fingerprint density at radius 1 is 1.15 bits per heavy atom. The number of alkyl halides is 2. The molecule has 0 spiro atoms. The van der Waals surface area contributed by atoms with Crippen LogP contribution in [0.3, 0.4) is 0 Å². The highest BCUT2D eigenvalue weighted by atomic mass is 19.3. The molecule has 0 N–H and O–H groups in total. The van der Waals surface area contributed by atoms with Gasteiger partial charge in [0.1, 0.15) is 6.10 Å². The van der Waals surface area contributed by atoms with Crippen molar-refractivity contribution >= 4 is 11.9 Å². The number of allylic oxidation sites excluding steroid dienone is 1. The molecule has 0 aromatic carbocycles. The minimum Gasteiger partial charge on any atom is -0.465 e. The van der Waals surface area contributed by atoms with E-state index in [1.165, 1.54) is 12.5 Å². The largest absolute Gasteiger partial charge is 0.465 e. The zero-order chi connectivity index (χ0) is 24.2. The molecule has 4 rings (SSSR count). The maximum Gasteiger partial charge on any atom is 0.376 e. The smallest absolute Gasteiger partial charge is 0.376 e. The summed E-state index contributed by atoms with van der Waals surface area (Å²) in [6.07, 6.45) is 10.1. The summed E-state index contributed by atoms with van der Waals surface area (Å²) in [7, 11) is 1.03.